The molecule has 0 N–H and O–H groups in total. The van der Waals surface area contributed by atoms with Crippen molar-refractivity contribution in [3.8, 4) is 5.75 Å². The van der Waals surface area contributed by atoms with Crippen LogP contribution in [0.2, 0.25) is 0 Å². The molecule has 0 aromatic heterocycles. The Balaban J connectivity index is 2.04. The fourth-order valence-electron chi connectivity index (χ4n) is 1.68. The van der Waals surface area contributed by atoms with Crippen LogP contribution in [-0.4, -0.2) is 5.78 Å². The van der Waals surface area contributed by atoms with Crippen LogP contribution in [0.4, 0.5) is 0 Å². The molecule has 3 heteroatoms. The zero-order valence-corrected chi connectivity index (χ0v) is 13.3. The topological polar surface area (TPSA) is 26.3 Å². The minimum Gasteiger partial charge on any atom is -0.489 e. The third-order valence-electron chi connectivity index (χ3n) is 2.72. The highest BCUT2D eigenvalue weighted by Crippen LogP contribution is 2.21. The fraction of sp³-hybridized carbons (Fsp3) is 0.118. The van der Waals surface area contributed by atoms with Gasteiger partial charge in [-0.05, 0) is 58.9 Å². The van der Waals surface area contributed by atoms with Gasteiger partial charge in [0.15, 0.2) is 5.78 Å². The summed E-state index contributed by atoms with van der Waals surface area (Å²) in [5, 5.41) is 0. The molecular formula is C17H15IO2. The van der Waals surface area contributed by atoms with Crippen molar-refractivity contribution in [1.82, 2.24) is 0 Å². The maximum Gasteiger partial charge on any atom is 0.152 e. The molecule has 0 amide bonds. The first-order chi connectivity index (χ1) is 9.65. The highest BCUT2D eigenvalue weighted by atomic mass is 127. The summed E-state index contributed by atoms with van der Waals surface area (Å²) in [6.45, 7) is 2.10. The monoisotopic (exact) mass is 378 g/mol. The highest BCUT2D eigenvalue weighted by Gasteiger charge is 2.01. The zero-order valence-electron chi connectivity index (χ0n) is 11.2. The van der Waals surface area contributed by atoms with Gasteiger partial charge in [-0.3, -0.25) is 4.79 Å². The molecule has 0 unspecified atom stereocenters. The van der Waals surface area contributed by atoms with Gasteiger partial charge < -0.3 is 4.74 Å². The van der Waals surface area contributed by atoms with Crippen molar-refractivity contribution < 1.29 is 9.53 Å². The molecule has 0 saturated carbocycles. The van der Waals surface area contributed by atoms with Crippen molar-refractivity contribution >= 4 is 34.5 Å². The third-order valence-corrected chi connectivity index (χ3v) is 3.65. The quantitative estimate of drug-likeness (QED) is 0.567. The maximum absolute atomic E-state index is 10.9. The van der Waals surface area contributed by atoms with Crippen LogP contribution in [0, 0.1) is 3.57 Å². The molecule has 2 rings (SSSR count). The van der Waals surface area contributed by atoms with E-state index < -0.39 is 0 Å². The second-order valence-corrected chi connectivity index (χ2v) is 5.56. The Kier molecular flexibility index (Phi) is 5.35. The summed E-state index contributed by atoms with van der Waals surface area (Å²) in [5.74, 6) is 0.878. The second kappa shape index (κ2) is 7.24. The van der Waals surface area contributed by atoms with Gasteiger partial charge >= 0.3 is 0 Å². The summed E-state index contributed by atoms with van der Waals surface area (Å²) in [6.07, 6.45) is 3.40. The molecule has 0 aliphatic rings. The smallest absolute Gasteiger partial charge is 0.152 e. The van der Waals surface area contributed by atoms with E-state index in [0.717, 1.165) is 20.4 Å². The number of benzene rings is 2. The number of ketones is 1. The fourth-order valence-corrected chi connectivity index (χ4v) is 2.35. The van der Waals surface area contributed by atoms with E-state index in [-0.39, 0.29) is 5.78 Å². The molecule has 2 aromatic rings. The largest absolute Gasteiger partial charge is 0.489 e. The highest BCUT2D eigenvalue weighted by molar-refractivity contribution is 14.1. The molecule has 20 heavy (non-hydrogen) atoms. The lowest BCUT2D eigenvalue weighted by molar-refractivity contribution is -0.112. The van der Waals surface area contributed by atoms with Gasteiger partial charge in [-0.15, -0.1) is 0 Å². The normalized spacial score (nSPS) is 10.7. The second-order valence-electron chi connectivity index (χ2n) is 4.40. The molecule has 0 saturated heterocycles. The van der Waals surface area contributed by atoms with Crippen molar-refractivity contribution in [1.29, 1.82) is 0 Å². The van der Waals surface area contributed by atoms with Gasteiger partial charge in [0.25, 0.3) is 0 Å². The minimum absolute atomic E-state index is 0.0465. The van der Waals surface area contributed by atoms with E-state index in [9.17, 15) is 4.79 Å². The minimum atomic E-state index is 0.0465. The van der Waals surface area contributed by atoms with Crippen LogP contribution in [-0.2, 0) is 11.4 Å². The summed E-state index contributed by atoms with van der Waals surface area (Å²) in [7, 11) is 0. The van der Waals surface area contributed by atoms with Gasteiger partial charge in [-0.2, -0.15) is 0 Å². The van der Waals surface area contributed by atoms with E-state index in [1.54, 1.807) is 13.0 Å². The van der Waals surface area contributed by atoms with Crippen LogP contribution in [0.25, 0.3) is 6.08 Å². The number of allylic oxidation sites excluding steroid dienone is 1. The Hall–Kier alpha value is -1.62. The van der Waals surface area contributed by atoms with E-state index in [2.05, 4.69) is 22.6 Å². The van der Waals surface area contributed by atoms with Crippen LogP contribution in [0.3, 0.4) is 0 Å². The molecular weight excluding hydrogens is 363 g/mol. The van der Waals surface area contributed by atoms with Gasteiger partial charge in [-0.25, -0.2) is 0 Å². The van der Waals surface area contributed by atoms with Crippen LogP contribution in [0.5, 0.6) is 5.75 Å². The van der Waals surface area contributed by atoms with Crippen molar-refractivity contribution in [3.05, 3.63) is 69.3 Å². The van der Waals surface area contributed by atoms with Gasteiger partial charge in [0.2, 0.25) is 0 Å². The average Bonchev–Trinajstić information content (AvgIpc) is 2.45. The third kappa shape index (κ3) is 4.49. The summed E-state index contributed by atoms with van der Waals surface area (Å²) in [6, 6.07) is 15.9. The van der Waals surface area contributed by atoms with Gasteiger partial charge in [0.1, 0.15) is 12.4 Å². The summed E-state index contributed by atoms with van der Waals surface area (Å²) < 4.78 is 6.82. The molecule has 2 nitrogen and oxygen atoms in total. The molecule has 0 heterocycles. The van der Waals surface area contributed by atoms with E-state index in [4.69, 9.17) is 4.74 Å². The molecule has 0 radical (unpaired) electrons. The molecule has 102 valence electrons. The first kappa shape index (κ1) is 14.8. The summed E-state index contributed by atoms with van der Waals surface area (Å²) >= 11 is 2.24. The van der Waals surface area contributed by atoms with E-state index >= 15 is 0 Å². The molecule has 0 bridgehead atoms. The number of ether oxygens (including phenoxy) is 1. The summed E-state index contributed by atoms with van der Waals surface area (Å²) in [5.41, 5.74) is 2.16. The van der Waals surface area contributed by atoms with Crippen molar-refractivity contribution in [2.24, 2.45) is 0 Å². The Bertz CT molecular complexity index is 618. The molecule has 0 atom stereocenters. The molecule has 0 aliphatic heterocycles. The predicted molar refractivity (Wildman–Crippen MR) is 89.6 cm³/mol. The number of hydrogen-bond donors (Lipinski definition) is 0. The van der Waals surface area contributed by atoms with Gasteiger partial charge in [-0.1, -0.05) is 42.5 Å². The van der Waals surface area contributed by atoms with Crippen molar-refractivity contribution in [2.75, 3.05) is 0 Å². The van der Waals surface area contributed by atoms with Crippen LogP contribution in [0.15, 0.2) is 54.6 Å². The van der Waals surface area contributed by atoms with E-state index in [1.165, 1.54) is 0 Å². The van der Waals surface area contributed by atoms with E-state index in [0.29, 0.717) is 6.61 Å². The summed E-state index contributed by atoms with van der Waals surface area (Å²) in [4.78, 5) is 10.9. The van der Waals surface area contributed by atoms with Gasteiger partial charge in [0.05, 0.1) is 0 Å². The molecule has 0 aliphatic carbocycles. The number of halogens is 1. The lowest BCUT2D eigenvalue weighted by atomic mass is 10.2. The zero-order chi connectivity index (χ0) is 14.4. The molecule has 0 spiro atoms. The number of carbonyl (C=O) groups excluding carboxylic acids is 1. The van der Waals surface area contributed by atoms with Gasteiger partial charge in [0, 0.05) is 3.57 Å². The van der Waals surface area contributed by atoms with Crippen LogP contribution < -0.4 is 4.74 Å². The Labute approximate surface area is 132 Å². The van der Waals surface area contributed by atoms with Crippen molar-refractivity contribution in [3.63, 3.8) is 0 Å². The predicted octanol–water partition coefficient (Wildman–Crippen LogP) is 4.47. The first-order valence-electron chi connectivity index (χ1n) is 6.30. The Morgan fingerprint density at radius 1 is 1.20 bits per heavy atom. The standard InChI is InChI=1S/C17H15IO2/c1-13(19)7-8-15-9-10-16(11-17(15)18)20-12-14-5-3-2-4-6-14/h2-11H,12H2,1H3. The lowest BCUT2D eigenvalue weighted by Crippen LogP contribution is -1.95. The first-order valence-corrected chi connectivity index (χ1v) is 7.38. The number of carbonyl (C=O) groups is 1. The molecule has 0 fully saturated rings. The van der Waals surface area contributed by atoms with Crippen LogP contribution in [0.1, 0.15) is 18.1 Å². The molecule has 2 aromatic carbocycles. The average molecular weight is 378 g/mol. The van der Waals surface area contributed by atoms with Crippen molar-refractivity contribution in [2.45, 2.75) is 13.5 Å². The van der Waals surface area contributed by atoms with Crippen LogP contribution >= 0.6 is 22.6 Å². The number of hydrogen-bond acceptors (Lipinski definition) is 2. The maximum atomic E-state index is 10.9. The Morgan fingerprint density at radius 3 is 2.60 bits per heavy atom. The SMILES string of the molecule is CC(=O)C=Cc1ccc(OCc2ccccc2)cc1I. The lowest BCUT2D eigenvalue weighted by Gasteiger charge is -2.08. The number of rotatable bonds is 5. The Morgan fingerprint density at radius 2 is 1.95 bits per heavy atom. The van der Waals surface area contributed by atoms with E-state index in [1.807, 2.05) is 54.6 Å².